The SMILES string of the molecule is CC(C)c1cc(-c2ccccc2)cc(C(C)C)c1-n1c(-c2cccc3c2oc2cc4c(ccc5oc(C(C)(C)C)nc54)cc23)nc2ccc3ccc(CC(C)(C)C)cc3c21. The van der Waals surface area contributed by atoms with Gasteiger partial charge < -0.3 is 8.83 Å². The Labute approximate surface area is 352 Å². The Morgan fingerprint density at radius 2 is 1.30 bits per heavy atom. The molecule has 10 aromatic rings. The number of fused-ring (bicyclic) bond motifs is 9. The number of oxazole rings is 1. The summed E-state index contributed by atoms with van der Waals surface area (Å²) >= 11 is 0. The highest BCUT2D eigenvalue weighted by atomic mass is 16.3. The highest BCUT2D eigenvalue weighted by Gasteiger charge is 2.28. The van der Waals surface area contributed by atoms with E-state index in [1.807, 2.05) is 6.07 Å². The van der Waals surface area contributed by atoms with Gasteiger partial charge in [0.05, 0.1) is 22.3 Å². The molecule has 0 saturated carbocycles. The van der Waals surface area contributed by atoms with Crippen molar-refractivity contribution >= 4 is 65.6 Å². The van der Waals surface area contributed by atoms with Crippen LogP contribution in [0.5, 0.6) is 0 Å². The third kappa shape index (κ3) is 6.29. The van der Waals surface area contributed by atoms with Crippen LogP contribution < -0.4 is 0 Å². The minimum Gasteiger partial charge on any atom is -0.455 e. The first-order valence-corrected chi connectivity index (χ1v) is 21.5. The third-order valence-electron chi connectivity index (χ3n) is 12.1. The standard InChI is InChI=1S/C55H53N3O2/c1-31(2)40-27-37(34-15-12-11-13-16-34)28-41(32(3)4)49(40)58-50-43-25-33(30-54(5,6)7)19-20-35(43)21-23-45(50)56-52(58)39-18-14-17-38-44-26-36-22-24-46-48(57-53(60-46)55(8,9)10)42(36)29-47(44)59-51(38)39/h11-29,31-32H,30H2,1-10H3. The van der Waals surface area contributed by atoms with Crippen molar-refractivity contribution < 1.29 is 8.83 Å². The molecule has 3 heterocycles. The number of para-hydroxylation sites is 1. The first-order chi connectivity index (χ1) is 28.6. The van der Waals surface area contributed by atoms with Crippen LogP contribution in [-0.2, 0) is 11.8 Å². The Morgan fingerprint density at radius 3 is 2.00 bits per heavy atom. The van der Waals surface area contributed by atoms with Crippen molar-refractivity contribution in [1.29, 1.82) is 0 Å². The third-order valence-corrected chi connectivity index (χ3v) is 12.1. The van der Waals surface area contributed by atoms with Gasteiger partial charge in [-0.25, -0.2) is 9.97 Å². The van der Waals surface area contributed by atoms with Crippen LogP contribution in [0, 0.1) is 5.41 Å². The molecule has 300 valence electrons. The largest absolute Gasteiger partial charge is 0.455 e. The molecule has 0 amide bonds. The Hall–Kier alpha value is -6.20. The van der Waals surface area contributed by atoms with Crippen LogP contribution in [0.15, 0.2) is 124 Å². The Morgan fingerprint density at radius 1 is 0.583 bits per heavy atom. The van der Waals surface area contributed by atoms with Gasteiger partial charge in [0.1, 0.15) is 22.5 Å². The zero-order valence-corrected chi connectivity index (χ0v) is 36.5. The van der Waals surface area contributed by atoms with Gasteiger partial charge in [-0.2, -0.15) is 0 Å². The van der Waals surface area contributed by atoms with Crippen LogP contribution in [0.2, 0.25) is 0 Å². The molecule has 0 radical (unpaired) electrons. The number of benzene rings is 7. The molecule has 3 aromatic heterocycles. The van der Waals surface area contributed by atoms with E-state index in [0.29, 0.717) is 0 Å². The van der Waals surface area contributed by atoms with Gasteiger partial charge in [-0.05, 0) is 111 Å². The molecular formula is C55H53N3O2. The zero-order chi connectivity index (χ0) is 41.8. The van der Waals surface area contributed by atoms with E-state index in [1.54, 1.807) is 0 Å². The lowest BCUT2D eigenvalue weighted by atomic mass is 9.87. The maximum absolute atomic E-state index is 7.04. The van der Waals surface area contributed by atoms with E-state index in [2.05, 4.69) is 183 Å². The molecule has 0 N–H and O–H groups in total. The van der Waals surface area contributed by atoms with E-state index in [1.165, 1.54) is 44.3 Å². The minimum atomic E-state index is -0.207. The Bertz CT molecular complexity index is 3280. The lowest BCUT2D eigenvalue weighted by Gasteiger charge is -2.25. The van der Waals surface area contributed by atoms with Crippen molar-refractivity contribution in [3.05, 3.63) is 138 Å². The van der Waals surface area contributed by atoms with E-state index in [9.17, 15) is 0 Å². The molecule has 0 aliphatic carbocycles. The molecule has 5 heteroatoms. The topological polar surface area (TPSA) is 57.0 Å². The van der Waals surface area contributed by atoms with Gasteiger partial charge in [0.2, 0.25) is 5.89 Å². The highest BCUT2D eigenvalue weighted by Crippen LogP contribution is 2.45. The van der Waals surface area contributed by atoms with Crippen LogP contribution in [0.1, 0.15) is 104 Å². The fourth-order valence-corrected chi connectivity index (χ4v) is 9.17. The summed E-state index contributed by atoms with van der Waals surface area (Å²) in [4.78, 5) is 10.6. The van der Waals surface area contributed by atoms with E-state index < -0.39 is 0 Å². The maximum Gasteiger partial charge on any atom is 0.200 e. The Balaban J connectivity index is 1.31. The van der Waals surface area contributed by atoms with Gasteiger partial charge in [-0.3, -0.25) is 4.57 Å². The van der Waals surface area contributed by atoms with E-state index in [0.717, 1.165) is 78.5 Å². The van der Waals surface area contributed by atoms with E-state index in [-0.39, 0.29) is 22.7 Å². The molecule has 5 nitrogen and oxygen atoms in total. The molecule has 0 bridgehead atoms. The lowest BCUT2D eigenvalue weighted by Crippen LogP contribution is -2.10. The first-order valence-electron chi connectivity index (χ1n) is 21.5. The van der Waals surface area contributed by atoms with Gasteiger partial charge >= 0.3 is 0 Å². The van der Waals surface area contributed by atoms with Crippen molar-refractivity contribution in [2.45, 2.75) is 92.9 Å². The zero-order valence-electron chi connectivity index (χ0n) is 36.5. The smallest absolute Gasteiger partial charge is 0.200 e. The minimum absolute atomic E-state index is 0.145. The fraction of sp³-hybridized carbons (Fsp3) is 0.273. The number of hydrogen-bond donors (Lipinski definition) is 0. The molecular weight excluding hydrogens is 735 g/mol. The summed E-state index contributed by atoms with van der Waals surface area (Å²) in [6, 6.07) is 42.1. The van der Waals surface area contributed by atoms with Crippen molar-refractivity contribution in [2.75, 3.05) is 0 Å². The van der Waals surface area contributed by atoms with Crippen LogP contribution in [0.25, 0.3) is 93.8 Å². The van der Waals surface area contributed by atoms with Gasteiger partial charge in [0.25, 0.3) is 0 Å². The second-order valence-electron chi connectivity index (χ2n) is 19.7. The van der Waals surface area contributed by atoms with Crippen molar-refractivity contribution in [2.24, 2.45) is 5.41 Å². The average Bonchev–Trinajstić information content (AvgIpc) is 3.93. The molecule has 0 spiro atoms. The van der Waals surface area contributed by atoms with Crippen molar-refractivity contribution in [3.63, 3.8) is 0 Å². The fourth-order valence-electron chi connectivity index (χ4n) is 9.17. The van der Waals surface area contributed by atoms with Crippen LogP contribution >= 0.6 is 0 Å². The average molecular weight is 788 g/mol. The molecule has 7 aromatic carbocycles. The summed E-state index contributed by atoms with van der Waals surface area (Å²) in [6.07, 6.45) is 0.978. The second kappa shape index (κ2) is 13.7. The van der Waals surface area contributed by atoms with E-state index >= 15 is 0 Å². The molecule has 0 unspecified atom stereocenters. The van der Waals surface area contributed by atoms with Gasteiger partial charge in [-0.15, -0.1) is 0 Å². The predicted molar refractivity (Wildman–Crippen MR) is 252 cm³/mol. The molecule has 0 aliphatic rings. The molecule has 60 heavy (non-hydrogen) atoms. The predicted octanol–water partition coefficient (Wildman–Crippen LogP) is 15.8. The second-order valence-corrected chi connectivity index (χ2v) is 19.7. The summed E-state index contributed by atoms with van der Waals surface area (Å²) in [7, 11) is 0. The number of rotatable bonds is 6. The maximum atomic E-state index is 7.04. The summed E-state index contributed by atoms with van der Waals surface area (Å²) < 4.78 is 15.8. The van der Waals surface area contributed by atoms with Gasteiger partial charge in [-0.1, -0.05) is 136 Å². The molecule has 0 atom stereocenters. The number of furan rings is 1. The highest BCUT2D eigenvalue weighted by molar-refractivity contribution is 6.17. The summed E-state index contributed by atoms with van der Waals surface area (Å²) in [5.41, 5.74) is 13.8. The van der Waals surface area contributed by atoms with Crippen molar-refractivity contribution in [1.82, 2.24) is 14.5 Å². The molecule has 0 aliphatic heterocycles. The van der Waals surface area contributed by atoms with E-state index in [4.69, 9.17) is 18.8 Å². The Kier molecular flexibility index (Phi) is 8.67. The molecule has 0 saturated heterocycles. The monoisotopic (exact) mass is 787 g/mol. The van der Waals surface area contributed by atoms with Crippen LogP contribution in [0.3, 0.4) is 0 Å². The molecule has 10 rings (SSSR count). The quantitative estimate of drug-likeness (QED) is 0.168. The lowest BCUT2D eigenvalue weighted by molar-refractivity contribution is 0.411. The summed E-state index contributed by atoms with van der Waals surface area (Å²) in [6.45, 7) is 22.6. The first kappa shape index (κ1) is 38.0. The van der Waals surface area contributed by atoms with Gasteiger partial charge in [0, 0.05) is 27.0 Å². The number of aromatic nitrogens is 3. The summed E-state index contributed by atoms with van der Waals surface area (Å²) in [5, 5.41) is 6.65. The number of hydrogen-bond acceptors (Lipinski definition) is 4. The molecule has 0 fully saturated rings. The van der Waals surface area contributed by atoms with Crippen LogP contribution in [0.4, 0.5) is 0 Å². The summed E-state index contributed by atoms with van der Waals surface area (Å²) in [5.74, 6) is 2.07. The van der Waals surface area contributed by atoms with Crippen LogP contribution in [-0.4, -0.2) is 14.5 Å². The number of imidazole rings is 1. The van der Waals surface area contributed by atoms with Gasteiger partial charge in [0.15, 0.2) is 5.58 Å². The normalized spacial score (nSPS) is 12.9. The van der Waals surface area contributed by atoms with Crippen molar-refractivity contribution in [3.8, 4) is 28.2 Å². The number of nitrogens with zero attached hydrogens (tertiary/aromatic N) is 3.